The number of nitrogens with zero attached hydrogens (tertiary/aromatic N) is 1. The maximum atomic E-state index is 11.5. The van der Waals surface area contributed by atoms with Gasteiger partial charge in [-0.05, 0) is 18.9 Å². The molecule has 1 aromatic carbocycles. The topological polar surface area (TPSA) is 51.2 Å². The first kappa shape index (κ1) is 12.6. The molecule has 0 saturated carbocycles. The molecule has 0 spiro atoms. The quantitative estimate of drug-likeness (QED) is 0.919. The molecule has 2 aromatic rings. The lowest BCUT2D eigenvalue weighted by molar-refractivity contribution is 0.155. The van der Waals surface area contributed by atoms with E-state index in [1.807, 2.05) is 35.7 Å². The largest absolute Gasteiger partial charge is 0.444 e. The van der Waals surface area contributed by atoms with Crippen molar-refractivity contribution in [2.45, 2.75) is 13.0 Å². The van der Waals surface area contributed by atoms with Crippen molar-refractivity contribution in [2.24, 2.45) is 0 Å². The highest BCUT2D eigenvalue weighted by molar-refractivity contribution is 7.13. The molecule has 18 heavy (non-hydrogen) atoms. The smallest absolute Gasteiger partial charge is 0.413 e. The molecule has 0 aliphatic rings. The lowest BCUT2D eigenvalue weighted by Gasteiger charge is -2.04. The van der Waals surface area contributed by atoms with Crippen LogP contribution in [0.3, 0.4) is 0 Å². The molecule has 0 unspecified atom stereocenters. The van der Waals surface area contributed by atoms with E-state index in [1.54, 1.807) is 0 Å². The third-order valence-corrected chi connectivity index (χ3v) is 3.04. The zero-order valence-corrected chi connectivity index (χ0v) is 10.6. The summed E-state index contributed by atoms with van der Waals surface area (Å²) >= 11 is 1.36. The van der Waals surface area contributed by atoms with Crippen LogP contribution in [0.25, 0.3) is 0 Å². The Balaban J connectivity index is 1.82. The Labute approximate surface area is 110 Å². The van der Waals surface area contributed by atoms with Crippen molar-refractivity contribution in [3.63, 3.8) is 0 Å². The van der Waals surface area contributed by atoms with Gasteiger partial charge in [0.05, 0.1) is 5.69 Å². The van der Waals surface area contributed by atoms with E-state index >= 15 is 0 Å². The molecule has 1 radical (unpaired) electrons. The number of benzene rings is 1. The molecule has 4 nitrogen and oxygen atoms in total. The molecule has 0 atom stereocenters. The number of ether oxygens (including phenoxy) is 1. The fourth-order valence-corrected chi connectivity index (χ4v) is 2.06. The molecule has 93 valence electrons. The summed E-state index contributed by atoms with van der Waals surface area (Å²) in [4.78, 5) is 15.7. The van der Waals surface area contributed by atoms with Crippen LogP contribution in [0.1, 0.15) is 11.3 Å². The van der Waals surface area contributed by atoms with Crippen molar-refractivity contribution >= 4 is 22.6 Å². The Morgan fingerprint density at radius 2 is 2.17 bits per heavy atom. The second-order valence-corrected chi connectivity index (χ2v) is 4.44. The van der Waals surface area contributed by atoms with Gasteiger partial charge in [-0.3, -0.25) is 5.32 Å². The van der Waals surface area contributed by atoms with E-state index in [1.165, 1.54) is 11.3 Å². The minimum absolute atomic E-state index is 0.250. The van der Waals surface area contributed by atoms with Gasteiger partial charge in [0.2, 0.25) is 0 Å². The summed E-state index contributed by atoms with van der Waals surface area (Å²) in [6.45, 7) is 3.97. The van der Waals surface area contributed by atoms with Gasteiger partial charge in [0.15, 0.2) is 5.13 Å². The van der Waals surface area contributed by atoms with Crippen molar-refractivity contribution in [3.8, 4) is 0 Å². The van der Waals surface area contributed by atoms with E-state index in [0.717, 1.165) is 11.3 Å². The number of carbonyl (C=O) groups excluding carboxylic acids is 1. The molecule has 0 aliphatic heterocycles. The van der Waals surface area contributed by atoms with Gasteiger partial charge in [-0.2, -0.15) is 0 Å². The molecule has 1 amide bonds. The summed E-state index contributed by atoms with van der Waals surface area (Å²) in [5.74, 6) is 0. The Morgan fingerprint density at radius 1 is 1.39 bits per heavy atom. The van der Waals surface area contributed by atoms with Crippen LogP contribution >= 0.6 is 11.3 Å². The van der Waals surface area contributed by atoms with Crippen LogP contribution in [-0.2, 0) is 17.8 Å². The number of amides is 1. The molecule has 1 aromatic heterocycles. The third-order valence-electron chi connectivity index (χ3n) is 2.23. The summed E-state index contributed by atoms with van der Waals surface area (Å²) in [5, 5.41) is 4.98. The molecule has 0 bridgehead atoms. The van der Waals surface area contributed by atoms with Crippen molar-refractivity contribution in [3.05, 3.63) is 53.9 Å². The van der Waals surface area contributed by atoms with Crippen LogP contribution in [0.15, 0.2) is 35.7 Å². The fraction of sp³-hybridized carbons (Fsp3) is 0.154. The summed E-state index contributed by atoms with van der Waals surface area (Å²) in [6.07, 6.45) is 0.112. The fourth-order valence-electron chi connectivity index (χ4n) is 1.33. The SMILES string of the molecule is [CH2]Cc1csc(NC(=O)OCc2ccccc2)n1. The Bertz CT molecular complexity index is 511. The highest BCUT2D eigenvalue weighted by Gasteiger charge is 2.06. The first-order chi connectivity index (χ1) is 8.78. The molecule has 5 heteroatoms. The van der Waals surface area contributed by atoms with E-state index in [-0.39, 0.29) is 6.61 Å². The second-order valence-electron chi connectivity index (χ2n) is 3.58. The predicted octanol–water partition coefficient (Wildman–Crippen LogP) is 3.27. The van der Waals surface area contributed by atoms with Crippen molar-refractivity contribution in [2.75, 3.05) is 5.32 Å². The van der Waals surface area contributed by atoms with Gasteiger partial charge in [-0.1, -0.05) is 30.3 Å². The first-order valence-electron chi connectivity index (χ1n) is 5.49. The van der Waals surface area contributed by atoms with Crippen LogP contribution in [0.5, 0.6) is 0 Å². The maximum absolute atomic E-state index is 11.5. The van der Waals surface area contributed by atoms with Crippen LogP contribution < -0.4 is 5.32 Å². The van der Waals surface area contributed by atoms with E-state index < -0.39 is 6.09 Å². The van der Waals surface area contributed by atoms with Crippen LogP contribution in [0.4, 0.5) is 9.93 Å². The number of anilines is 1. The van der Waals surface area contributed by atoms with Gasteiger partial charge in [0, 0.05) is 5.38 Å². The highest BCUT2D eigenvalue weighted by atomic mass is 32.1. The molecule has 0 aliphatic carbocycles. The number of nitrogens with one attached hydrogen (secondary N) is 1. The van der Waals surface area contributed by atoms with Gasteiger partial charge in [0.1, 0.15) is 6.61 Å². The molecule has 1 heterocycles. The lowest BCUT2D eigenvalue weighted by atomic mass is 10.2. The van der Waals surface area contributed by atoms with Crippen molar-refractivity contribution in [1.29, 1.82) is 0 Å². The second kappa shape index (κ2) is 6.16. The number of hydrogen-bond donors (Lipinski definition) is 1. The minimum Gasteiger partial charge on any atom is -0.444 e. The summed E-state index contributed by atoms with van der Waals surface area (Å²) in [5.41, 5.74) is 1.81. The van der Waals surface area contributed by atoms with Gasteiger partial charge < -0.3 is 4.74 Å². The third kappa shape index (κ3) is 3.56. The molecule has 0 fully saturated rings. The summed E-state index contributed by atoms with van der Waals surface area (Å²) < 4.78 is 5.08. The Hall–Kier alpha value is -1.88. The molecule has 1 N–H and O–H groups in total. The standard InChI is InChI=1S/C13H13N2O2S/c1-2-11-9-18-12(14-11)15-13(16)17-8-10-6-4-3-5-7-10/h3-7,9H,1-2,8H2,(H,14,15,16). The number of aromatic nitrogens is 1. The number of carbonyl (C=O) groups is 1. The molecule has 0 saturated heterocycles. The summed E-state index contributed by atoms with van der Waals surface area (Å²) in [6, 6.07) is 9.52. The number of rotatable bonds is 4. The van der Waals surface area contributed by atoms with Crippen LogP contribution in [-0.4, -0.2) is 11.1 Å². The first-order valence-corrected chi connectivity index (χ1v) is 6.37. The zero-order chi connectivity index (χ0) is 12.8. The highest BCUT2D eigenvalue weighted by Crippen LogP contribution is 2.15. The van der Waals surface area contributed by atoms with Gasteiger partial charge >= 0.3 is 6.09 Å². The van der Waals surface area contributed by atoms with E-state index in [9.17, 15) is 4.79 Å². The lowest BCUT2D eigenvalue weighted by Crippen LogP contribution is -2.13. The number of hydrogen-bond acceptors (Lipinski definition) is 4. The van der Waals surface area contributed by atoms with E-state index in [4.69, 9.17) is 4.74 Å². The van der Waals surface area contributed by atoms with Crippen molar-refractivity contribution in [1.82, 2.24) is 4.98 Å². The van der Waals surface area contributed by atoms with Gasteiger partial charge in [-0.25, -0.2) is 9.78 Å². The van der Waals surface area contributed by atoms with E-state index in [2.05, 4.69) is 17.2 Å². The average molecular weight is 261 g/mol. The van der Waals surface area contributed by atoms with Crippen LogP contribution in [0, 0.1) is 6.92 Å². The minimum atomic E-state index is -0.496. The normalized spacial score (nSPS) is 10.1. The average Bonchev–Trinajstić information content (AvgIpc) is 2.85. The molecular weight excluding hydrogens is 248 g/mol. The Morgan fingerprint density at radius 3 is 2.83 bits per heavy atom. The molecular formula is C13H13N2O2S. The van der Waals surface area contributed by atoms with Crippen LogP contribution in [0.2, 0.25) is 0 Å². The van der Waals surface area contributed by atoms with Gasteiger partial charge in [0.25, 0.3) is 0 Å². The predicted molar refractivity (Wildman–Crippen MR) is 71.4 cm³/mol. The van der Waals surface area contributed by atoms with E-state index in [0.29, 0.717) is 11.6 Å². The zero-order valence-electron chi connectivity index (χ0n) is 9.76. The summed E-state index contributed by atoms with van der Waals surface area (Å²) in [7, 11) is 0. The maximum Gasteiger partial charge on any atom is 0.413 e. The molecule has 2 rings (SSSR count). The monoisotopic (exact) mass is 261 g/mol. The van der Waals surface area contributed by atoms with Crippen molar-refractivity contribution < 1.29 is 9.53 Å². The Kier molecular flexibility index (Phi) is 4.30. The number of thiazole rings is 1. The van der Waals surface area contributed by atoms with Gasteiger partial charge in [-0.15, -0.1) is 11.3 Å².